The molecule has 1 amide bonds. The molecule has 0 bridgehead atoms. The second-order valence-corrected chi connectivity index (χ2v) is 7.74. The number of hydrogen-bond donors (Lipinski definition) is 4. The molecule has 3 aromatic rings. The molecule has 0 aliphatic rings. The summed E-state index contributed by atoms with van der Waals surface area (Å²) in [6, 6.07) is 12.5. The second kappa shape index (κ2) is 10.3. The van der Waals surface area contributed by atoms with E-state index in [1.165, 1.54) is 24.3 Å². The van der Waals surface area contributed by atoms with E-state index in [4.69, 9.17) is 23.2 Å². The van der Waals surface area contributed by atoms with Crippen LogP contribution in [0.1, 0.15) is 23.1 Å². The molecule has 0 fully saturated rings. The Morgan fingerprint density at radius 2 is 1.82 bits per heavy atom. The third kappa shape index (κ3) is 6.10. The smallest absolute Gasteiger partial charge is 0.436 e. The van der Waals surface area contributed by atoms with Gasteiger partial charge in [-0.05, 0) is 17.7 Å². The van der Waals surface area contributed by atoms with Crippen molar-refractivity contribution in [3.8, 4) is 5.75 Å². The van der Waals surface area contributed by atoms with Gasteiger partial charge < -0.3 is 20.8 Å². The number of nitrogens with one attached hydrogen (secondary N) is 2. The molecule has 4 N–H and O–H groups in total. The summed E-state index contributed by atoms with van der Waals surface area (Å²) in [7, 11) is 0. The van der Waals surface area contributed by atoms with Gasteiger partial charge in [-0.25, -0.2) is 0 Å². The lowest BCUT2D eigenvalue weighted by atomic mass is 10.1. The van der Waals surface area contributed by atoms with Gasteiger partial charge in [0.25, 0.3) is 0 Å². The molecule has 2 aromatic carbocycles. The average molecular weight is 503 g/mol. The maximum Gasteiger partial charge on any atom is 0.436 e. The summed E-state index contributed by atoms with van der Waals surface area (Å²) in [4.78, 5) is 12.3. The van der Waals surface area contributed by atoms with Crippen molar-refractivity contribution < 1.29 is 28.2 Å². The van der Waals surface area contributed by atoms with Crippen LogP contribution >= 0.6 is 23.2 Å². The van der Waals surface area contributed by atoms with Gasteiger partial charge in [-0.1, -0.05) is 53.5 Å². The molecule has 0 aliphatic heterocycles. The van der Waals surface area contributed by atoms with Crippen LogP contribution in [-0.2, 0) is 17.5 Å². The first-order valence-electron chi connectivity index (χ1n) is 9.63. The number of benzene rings is 2. The van der Waals surface area contributed by atoms with E-state index in [9.17, 15) is 28.2 Å². The number of halogens is 5. The van der Waals surface area contributed by atoms with Crippen molar-refractivity contribution in [2.45, 2.75) is 18.8 Å². The van der Waals surface area contributed by atoms with Crippen molar-refractivity contribution in [1.82, 2.24) is 15.1 Å². The van der Waals surface area contributed by atoms with E-state index in [0.717, 1.165) is 4.68 Å². The third-order valence-electron chi connectivity index (χ3n) is 4.59. The zero-order valence-corrected chi connectivity index (χ0v) is 18.4. The van der Waals surface area contributed by atoms with Crippen molar-refractivity contribution >= 4 is 34.8 Å². The van der Waals surface area contributed by atoms with Gasteiger partial charge >= 0.3 is 6.18 Å². The van der Waals surface area contributed by atoms with E-state index >= 15 is 0 Å². The molecule has 0 saturated heterocycles. The summed E-state index contributed by atoms with van der Waals surface area (Å²) >= 11 is 11.7. The van der Waals surface area contributed by atoms with E-state index in [1.54, 1.807) is 24.3 Å². The third-order valence-corrected chi connectivity index (χ3v) is 5.28. The molecule has 3 rings (SSSR count). The molecule has 0 spiro atoms. The van der Waals surface area contributed by atoms with Crippen molar-refractivity contribution in [2.75, 3.05) is 18.4 Å². The molecule has 1 atom stereocenters. The minimum Gasteiger partial charge on any atom is -0.506 e. The molecule has 33 heavy (non-hydrogen) atoms. The number of alkyl halides is 3. The molecule has 0 radical (unpaired) electrons. The van der Waals surface area contributed by atoms with E-state index in [0.29, 0.717) is 11.3 Å². The molecule has 176 valence electrons. The fourth-order valence-electron chi connectivity index (χ4n) is 3.03. The van der Waals surface area contributed by atoms with Crippen molar-refractivity contribution in [3.05, 3.63) is 75.5 Å². The maximum atomic E-state index is 13.3. The standard InChI is InChI=1S/C21H19Cl2F3N4O3/c22-14-7-6-13(10-15(14)31)27-8-9-28-16(32)11-30-18(17(23)20(29-30)21(24,25)26)19(33)12-4-2-1-3-5-12/h1-7,10,19,27,31,33H,8-9,11H2,(H,28,32). The Morgan fingerprint density at radius 1 is 1.12 bits per heavy atom. The van der Waals surface area contributed by atoms with Gasteiger partial charge in [-0.3, -0.25) is 9.48 Å². The number of phenolic OH excluding ortho intramolecular Hbond substituents is 1. The Balaban J connectivity index is 1.69. The van der Waals surface area contributed by atoms with Crippen molar-refractivity contribution in [2.24, 2.45) is 0 Å². The van der Waals surface area contributed by atoms with Crippen LogP contribution in [0.25, 0.3) is 0 Å². The predicted octanol–water partition coefficient (Wildman–Crippen LogP) is 4.22. The molecule has 7 nitrogen and oxygen atoms in total. The van der Waals surface area contributed by atoms with Crippen LogP contribution in [0.4, 0.5) is 18.9 Å². The summed E-state index contributed by atoms with van der Waals surface area (Å²) in [5.41, 5.74) is -0.857. The van der Waals surface area contributed by atoms with Gasteiger partial charge in [0.1, 0.15) is 18.4 Å². The number of carbonyl (C=O) groups excluding carboxylic acids is 1. The number of anilines is 1. The molecule has 1 heterocycles. The van der Waals surface area contributed by atoms with Crippen LogP contribution in [0.15, 0.2) is 48.5 Å². The quantitative estimate of drug-likeness (QED) is 0.345. The molecule has 0 saturated carbocycles. The SMILES string of the molecule is O=C(Cn1nc(C(F)(F)F)c(Cl)c1C(O)c1ccccc1)NCCNc1ccc(Cl)c(O)c1. The monoisotopic (exact) mass is 502 g/mol. The topological polar surface area (TPSA) is 99.4 Å². The molecule has 1 unspecified atom stereocenters. The number of amides is 1. The van der Waals surface area contributed by atoms with Crippen LogP contribution in [0, 0.1) is 0 Å². The average Bonchev–Trinajstić information content (AvgIpc) is 3.09. The highest BCUT2D eigenvalue weighted by Crippen LogP contribution is 2.39. The Bertz CT molecular complexity index is 1120. The Hall–Kier alpha value is -2.95. The normalized spacial score (nSPS) is 12.4. The number of aliphatic hydroxyl groups excluding tert-OH is 1. The molecule has 12 heteroatoms. The molecular formula is C21H19Cl2F3N4O3. The first kappa shape index (κ1) is 24.7. The van der Waals surface area contributed by atoms with E-state index in [-0.39, 0.29) is 29.6 Å². The summed E-state index contributed by atoms with van der Waals surface area (Å²) < 4.78 is 40.7. The van der Waals surface area contributed by atoms with Crippen LogP contribution in [0.5, 0.6) is 5.75 Å². The minimum absolute atomic E-state index is 0.105. The lowest BCUT2D eigenvalue weighted by Gasteiger charge is -2.14. The second-order valence-electron chi connectivity index (χ2n) is 6.96. The van der Waals surface area contributed by atoms with Gasteiger partial charge in [0.15, 0.2) is 5.69 Å². The summed E-state index contributed by atoms with van der Waals surface area (Å²) in [6.07, 6.45) is -6.38. The number of carbonyl (C=O) groups is 1. The van der Waals surface area contributed by atoms with E-state index in [1.807, 2.05) is 0 Å². The van der Waals surface area contributed by atoms with Crippen molar-refractivity contribution in [1.29, 1.82) is 0 Å². The van der Waals surface area contributed by atoms with Gasteiger partial charge in [-0.15, -0.1) is 0 Å². The number of rotatable bonds is 8. The first-order valence-corrected chi connectivity index (χ1v) is 10.4. The fourth-order valence-corrected chi connectivity index (χ4v) is 3.50. The number of aromatic nitrogens is 2. The van der Waals surface area contributed by atoms with Crippen LogP contribution in [0.2, 0.25) is 10.0 Å². The fraction of sp³-hybridized carbons (Fsp3) is 0.238. The van der Waals surface area contributed by atoms with E-state index < -0.39 is 35.4 Å². The number of aromatic hydroxyl groups is 1. The molecular weight excluding hydrogens is 484 g/mol. The lowest BCUT2D eigenvalue weighted by Crippen LogP contribution is -2.32. The highest BCUT2D eigenvalue weighted by molar-refractivity contribution is 6.32. The number of aliphatic hydroxyl groups is 1. The largest absolute Gasteiger partial charge is 0.506 e. The summed E-state index contributed by atoms with van der Waals surface area (Å²) in [6.45, 7) is -0.198. The van der Waals surface area contributed by atoms with Crippen LogP contribution in [-0.4, -0.2) is 39.0 Å². The van der Waals surface area contributed by atoms with E-state index in [2.05, 4.69) is 15.7 Å². The number of nitrogens with zero attached hydrogens (tertiary/aromatic N) is 2. The predicted molar refractivity (Wildman–Crippen MR) is 117 cm³/mol. The summed E-state index contributed by atoms with van der Waals surface area (Å²) in [5, 5.41) is 28.6. The molecule has 1 aromatic heterocycles. The Labute approximate surface area is 196 Å². The van der Waals surface area contributed by atoms with Gasteiger partial charge in [0, 0.05) is 24.8 Å². The Morgan fingerprint density at radius 3 is 2.45 bits per heavy atom. The summed E-state index contributed by atoms with van der Waals surface area (Å²) in [5.74, 6) is -0.739. The zero-order valence-electron chi connectivity index (χ0n) is 16.9. The Kier molecular flexibility index (Phi) is 7.72. The first-order chi connectivity index (χ1) is 15.6. The number of hydrogen-bond acceptors (Lipinski definition) is 5. The highest BCUT2D eigenvalue weighted by atomic mass is 35.5. The van der Waals surface area contributed by atoms with Crippen LogP contribution < -0.4 is 10.6 Å². The molecule has 0 aliphatic carbocycles. The maximum absolute atomic E-state index is 13.3. The highest BCUT2D eigenvalue weighted by Gasteiger charge is 2.40. The number of phenols is 1. The van der Waals surface area contributed by atoms with Crippen molar-refractivity contribution in [3.63, 3.8) is 0 Å². The lowest BCUT2D eigenvalue weighted by molar-refractivity contribution is -0.141. The minimum atomic E-state index is -4.86. The van der Waals surface area contributed by atoms with Gasteiger partial charge in [0.2, 0.25) is 5.91 Å². The van der Waals surface area contributed by atoms with Gasteiger partial charge in [0.05, 0.1) is 15.7 Å². The van der Waals surface area contributed by atoms with Gasteiger partial charge in [-0.2, -0.15) is 18.3 Å². The van der Waals surface area contributed by atoms with Crippen LogP contribution in [0.3, 0.4) is 0 Å². The zero-order chi connectivity index (χ0) is 24.2.